The number of para-hydroxylation sites is 1. The van der Waals surface area contributed by atoms with Gasteiger partial charge in [0.2, 0.25) is 5.91 Å². The first kappa shape index (κ1) is 20.7. The fraction of sp³-hybridized carbons (Fsp3) is 0.333. The normalized spacial score (nSPS) is 15.5. The van der Waals surface area contributed by atoms with Crippen molar-refractivity contribution in [2.24, 2.45) is 0 Å². The molecule has 8 heteroatoms. The van der Waals surface area contributed by atoms with Crippen LogP contribution in [0.25, 0.3) is 6.08 Å². The van der Waals surface area contributed by atoms with Gasteiger partial charge in [-0.3, -0.25) is 4.79 Å². The number of hydrogen-bond acceptors (Lipinski definition) is 4. The number of alkyl halides is 3. The highest BCUT2D eigenvalue weighted by atomic mass is 19.4. The van der Waals surface area contributed by atoms with Crippen molar-refractivity contribution in [2.45, 2.75) is 25.1 Å². The average molecular weight is 405 g/mol. The van der Waals surface area contributed by atoms with Crippen LogP contribution in [-0.4, -0.2) is 37.1 Å². The van der Waals surface area contributed by atoms with Gasteiger partial charge >= 0.3 is 6.18 Å². The lowest BCUT2D eigenvalue weighted by Gasteiger charge is -2.33. The minimum atomic E-state index is -4.39. The monoisotopic (exact) mass is 405 g/mol. The van der Waals surface area contributed by atoms with Gasteiger partial charge in [-0.15, -0.1) is 0 Å². The predicted octanol–water partition coefficient (Wildman–Crippen LogP) is 3.91. The van der Waals surface area contributed by atoms with Crippen molar-refractivity contribution in [3.63, 3.8) is 0 Å². The molecule has 0 saturated carbocycles. The van der Waals surface area contributed by atoms with E-state index in [1.807, 2.05) is 29.2 Å². The molecule has 5 nitrogen and oxygen atoms in total. The van der Waals surface area contributed by atoms with Crippen LogP contribution in [0.1, 0.15) is 24.0 Å². The molecule has 1 aliphatic heterocycles. The van der Waals surface area contributed by atoms with E-state index in [1.165, 1.54) is 12.1 Å². The Morgan fingerprint density at radius 3 is 2.55 bits per heavy atom. The lowest BCUT2D eigenvalue weighted by atomic mass is 10.0. The highest BCUT2D eigenvalue weighted by Gasteiger charge is 2.31. The van der Waals surface area contributed by atoms with Gasteiger partial charge in [0.25, 0.3) is 0 Å². The number of piperidine rings is 1. The number of halogens is 3. The quantitative estimate of drug-likeness (QED) is 0.767. The summed E-state index contributed by atoms with van der Waals surface area (Å²) in [6, 6.07) is 9.84. The number of anilines is 1. The number of ether oxygens (including phenoxy) is 1. The molecule has 1 N–H and O–H groups in total. The van der Waals surface area contributed by atoms with Gasteiger partial charge in [-0.25, -0.2) is 4.98 Å². The second kappa shape index (κ2) is 8.98. The number of nitrogens with one attached hydrogen (secondary N) is 1. The molecule has 1 fully saturated rings. The van der Waals surface area contributed by atoms with Crippen molar-refractivity contribution in [3.05, 3.63) is 59.8 Å². The highest BCUT2D eigenvalue weighted by molar-refractivity contribution is 5.92. The molecule has 0 spiro atoms. The number of carbonyl (C=O) groups excluding carboxylic acids is 1. The third-order valence-corrected chi connectivity index (χ3v) is 4.79. The van der Waals surface area contributed by atoms with Crippen LogP contribution >= 0.6 is 0 Å². The average Bonchev–Trinajstić information content (AvgIpc) is 2.72. The van der Waals surface area contributed by atoms with Crippen LogP contribution in [0.5, 0.6) is 5.75 Å². The minimum absolute atomic E-state index is 0.00974. The molecule has 1 aliphatic rings. The van der Waals surface area contributed by atoms with Crippen LogP contribution in [0, 0.1) is 0 Å². The van der Waals surface area contributed by atoms with Crippen LogP contribution in [0.15, 0.2) is 48.7 Å². The van der Waals surface area contributed by atoms with E-state index >= 15 is 0 Å². The van der Waals surface area contributed by atoms with Crippen molar-refractivity contribution in [3.8, 4) is 5.75 Å². The van der Waals surface area contributed by atoms with Crippen molar-refractivity contribution >= 4 is 17.8 Å². The summed E-state index contributed by atoms with van der Waals surface area (Å²) in [4.78, 5) is 18.0. The number of rotatable bonds is 5. The minimum Gasteiger partial charge on any atom is -0.496 e. The topological polar surface area (TPSA) is 54.5 Å². The predicted molar refractivity (Wildman–Crippen MR) is 105 cm³/mol. The Kier molecular flexibility index (Phi) is 6.41. The van der Waals surface area contributed by atoms with Crippen molar-refractivity contribution in [1.82, 2.24) is 10.3 Å². The third kappa shape index (κ3) is 5.49. The Balaban J connectivity index is 1.50. The van der Waals surface area contributed by atoms with Crippen LogP contribution in [0.4, 0.5) is 19.0 Å². The first-order chi connectivity index (χ1) is 13.9. The van der Waals surface area contributed by atoms with E-state index in [-0.39, 0.29) is 11.9 Å². The zero-order valence-corrected chi connectivity index (χ0v) is 15.9. The van der Waals surface area contributed by atoms with Gasteiger partial charge in [0.05, 0.1) is 12.7 Å². The van der Waals surface area contributed by atoms with Crippen LogP contribution in [-0.2, 0) is 11.0 Å². The Morgan fingerprint density at radius 1 is 1.21 bits per heavy atom. The summed E-state index contributed by atoms with van der Waals surface area (Å²) in [5.74, 6) is 1.01. The summed E-state index contributed by atoms with van der Waals surface area (Å²) in [5.41, 5.74) is 0.0542. The maximum Gasteiger partial charge on any atom is 0.417 e. The van der Waals surface area contributed by atoms with Gasteiger partial charge in [-0.2, -0.15) is 13.2 Å². The van der Waals surface area contributed by atoms with Crippen molar-refractivity contribution in [1.29, 1.82) is 0 Å². The second-order valence-corrected chi connectivity index (χ2v) is 6.75. The molecule has 3 rings (SSSR count). The molecule has 0 radical (unpaired) electrons. The van der Waals surface area contributed by atoms with Gasteiger partial charge in [0.1, 0.15) is 11.6 Å². The summed E-state index contributed by atoms with van der Waals surface area (Å²) in [6.45, 7) is 1.22. The lowest BCUT2D eigenvalue weighted by molar-refractivity contribution is -0.137. The van der Waals surface area contributed by atoms with Gasteiger partial charge in [-0.05, 0) is 37.1 Å². The van der Waals surface area contributed by atoms with E-state index < -0.39 is 11.7 Å². The standard InChI is InChI=1S/C21H22F3N3O2/c1-29-18-5-3-2-4-15(18)6-9-20(28)26-17-10-12-27(13-11-17)19-8-7-16(14-25-19)21(22,23)24/h2-9,14,17H,10-13H2,1H3,(H,26,28)/b9-6+. The SMILES string of the molecule is COc1ccccc1/C=C/C(=O)NC1CCN(c2ccc(C(F)(F)F)cn2)CC1. The van der Waals surface area contributed by atoms with Crippen molar-refractivity contribution < 1.29 is 22.7 Å². The van der Waals surface area contributed by atoms with E-state index in [0.29, 0.717) is 37.5 Å². The highest BCUT2D eigenvalue weighted by Crippen LogP contribution is 2.29. The van der Waals surface area contributed by atoms with Crippen molar-refractivity contribution in [2.75, 3.05) is 25.1 Å². The molecule has 2 heterocycles. The van der Waals surface area contributed by atoms with Crippen LogP contribution in [0.3, 0.4) is 0 Å². The molecule has 0 atom stereocenters. The molecule has 0 unspecified atom stereocenters. The number of benzene rings is 1. The number of methoxy groups -OCH3 is 1. The number of amides is 1. The van der Waals surface area contributed by atoms with E-state index in [9.17, 15) is 18.0 Å². The fourth-order valence-electron chi connectivity index (χ4n) is 3.21. The molecule has 0 aliphatic carbocycles. The molecule has 1 saturated heterocycles. The molecule has 154 valence electrons. The Hall–Kier alpha value is -3.03. The smallest absolute Gasteiger partial charge is 0.417 e. The molecule has 2 aromatic rings. The molecule has 29 heavy (non-hydrogen) atoms. The van der Waals surface area contributed by atoms with Crippen LogP contribution < -0.4 is 15.0 Å². The molecule has 1 aromatic heterocycles. The number of pyridine rings is 1. The van der Waals surface area contributed by atoms with E-state index in [1.54, 1.807) is 13.2 Å². The summed E-state index contributed by atoms with van der Waals surface area (Å²) in [6.07, 6.45) is 1.02. The lowest BCUT2D eigenvalue weighted by Crippen LogP contribution is -2.44. The molecule has 1 aromatic carbocycles. The summed E-state index contributed by atoms with van der Waals surface area (Å²) >= 11 is 0. The maximum atomic E-state index is 12.6. The molecule has 1 amide bonds. The number of nitrogens with zero attached hydrogens (tertiary/aromatic N) is 2. The summed E-state index contributed by atoms with van der Waals surface area (Å²) < 4.78 is 43.2. The van der Waals surface area contributed by atoms with Gasteiger partial charge < -0.3 is 15.0 Å². The van der Waals surface area contributed by atoms with Gasteiger partial charge in [0, 0.05) is 37.0 Å². The Bertz CT molecular complexity index is 858. The van der Waals surface area contributed by atoms with Gasteiger partial charge in [0.15, 0.2) is 0 Å². The van der Waals surface area contributed by atoms with Crippen LogP contribution in [0.2, 0.25) is 0 Å². The van der Waals surface area contributed by atoms with E-state index in [2.05, 4.69) is 10.3 Å². The maximum absolute atomic E-state index is 12.6. The first-order valence-electron chi connectivity index (χ1n) is 9.26. The Labute approximate surface area is 167 Å². The van der Waals surface area contributed by atoms with E-state index in [4.69, 9.17) is 4.74 Å². The van der Waals surface area contributed by atoms with E-state index in [0.717, 1.165) is 17.8 Å². The summed E-state index contributed by atoms with van der Waals surface area (Å²) in [5, 5.41) is 2.97. The summed E-state index contributed by atoms with van der Waals surface area (Å²) in [7, 11) is 1.58. The number of hydrogen-bond donors (Lipinski definition) is 1. The number of aromatic nitrogens is 1. The number of carbonyl (C=O) groups is 1. The molecule has 0 bridgehead atoms. The first-order valence-corrected chi connectivity index (χ1v) is 9.26. The second-order valence-electron chi connectivity index (χ2n) is 6.75. The van der Waals surface area contributed by atoms with Gasteiger partial charge in [-0.1, -0.05) is 18.2 Å². The zero-order chi connectivity index (χ0) is 20.9. The zero-order valence-electron chi connectivity index (χ0n) is 15.9. The Morgan fingerprint density at radius 2 is 1.93 bits per heavy atom. The molecular formula is C21H22F3N3O2. The largest absolute Gasteiger partial charge is 0.496 e. The third-order valence-electron chi connectivity index (χ3n) is 4.79. The molecular weight excluding hydrogens is 383 g/mol. The fourth-order valence-corrected chi connectivity index (χ4v) is 3.21.